The van der Waals surface area contributed by atoms with Gasteiger partial charge in [-0.25, -0.2) is 13.6 Å². The van der Waals surface area contributed by atoms with E-state index in [1.807, 2.05) is 48.5 Å². The Morgan fingerprint density at radius 2 is 1.20 bits per heavy atom. The van der Waals surface area contributed by atoms with Gasteiger partial charge in [-0.15, -0.1) is 0 Å². The van der Waals surface area contributed by atoms with E-state index in [0.29, 0.717) is 11.8 Å². The third-order valence-electron chi connectivity index (χ3n) is 4.49. The standard InChI is InChI=1S/C25H18F2O2S/c26-18-11-16-23(24(27)17-18)25(28)29-19-12-14-22(15-13-19)30(20-7-3-1-4-8-20)21-9-5-2-6-10-21/h1-17,30H. The van der Waals surface area contributed by atoms with E-state index in [9.17, 15) is 13.6 Å². The first-order valence-electron chi connectivity index (χ1n) is 9.29. The van der Waals surface area contributed by atoms with Gasteiger partial charge in [-0.05, 0) is 75.4 Å². The zero-order valence-corrected chi connectivity index (χ0v) is 16.7. The molecule has 0 fully saturated rings. The normalized spacial score (nSPS) is 11.1. The van der Waals surface area contributed by atoms with Crippen LogP contribution in [-0.2, 0) is 0 Å². The van der Waals surface area contributed by atoms with E-state index >= 15 is 0 Å². The van der Waals surface area contributed by atoms with Crippen molar-refractivity contribution in [2.45, 2.75) is 14.7 Å². The van der Waals surface area contributed by atoms with E-state index < -0.39 is 28.5 Å². The quantitative estimate of drug-likeness (QED) is 0.222. The van der Waals surface area contributed by atoms with Crippen molar-refractivity contribution >= 4 is 16.9 Å². The fourth-order valence-corrected chi connectivity index (χ4v) is 5.36. The summed E-state index contributed by atoms with van der Waals surface area (Å²) in [5, 5.41) is 0. The third kappa shape index (κ3) is 4.42. The third-order valence-corrected chi connectivity index (χ3v) is 6.93. The lowest BCUT2D eigenvalue weighted by Crippen LogP contribution is -2.10. The second-order valence-electron chi connectivity index (χ2n) is 6.51. The molecule has 0 aliphatic heterocycles. The number of hydrogen-bond donors (Lipinski definition) is 1. The number of esters is 1. The van der Waals surface area contributed by atoms with Gasteiger partial charge in [-0.3, -0.25) is 0 Å². The Morgan fingerprint density at radius 3 is 1.73 bits per heavy atom. The van der Waals surface area contributed by atoms with Crippen molar-refractivity contribution < 1.29 is 18.3 Å². The van der Waals surface area contributed by atoms with Crippen LogP contribution >= 0.6 is 10.9 Å². The van der Waals surface area contributed by atoms with Crippen LogP contribution in [0.5, 0.6) is 5.75 Å². The molecule has 0 radical (unpaired) electrons. The summed E-state index contributed by atoms with van der Waals surface area (Å²) in [6, 6.07) is 30.4. The molecule has 0 bridgehead atoms. The van der Waals surface area contributed by atoms with Gasteiger partial charge in [0.25, 0.3) is 0 Å². The molecule has 5 heteroatoms. The first-order chi connectivity index (χ1) is 14.6. The van der Waals surface area contributed by atoms with Crippen LogP contribution < -0.4 is 4.74 Å². The van der Waals surface area contributed by atoms with Crippen LogP contribution in [0.4, 0.5) is 8.78 Å². The molecule has 0 unspecified atom stereocenters. The van der Waals surface area contributed by atoms with Gasteiger partial charge in [-0.2, -0.15) is 10.9 Å². The van der Waals surface area contributed by atoms with Crippen molar-refractivity contribution in [3.8, 4) is 5.75 Å². The molecule has 0 heterocycles. The predicted octanol–water partition coefficient (Wildman–Crippen LogP) is 6.66. The number of benzene rings is 4. The summed E-state index contributed by atoms with van der Waals surface area (Å²) in [5.74, 6) is -2.27. The molecular weight excluding hydrogens is 402 g/mol. The number of carbonyl (C=O) groups is 1. The minimum Gasteiger partial charge on any atom is -0.423 e. The predicted molar refractivity (Wildman–Crippen MR) is 114 cm³/mol. The van der Waals surface area contributed by atoms with Crippen LogP contribution in [0.25, 0.3) is 0 Å². The highest BCUT2D eigenvalue weighted by molar-refractivity contribution is 8.17. The maximum atomic E-state index is 13.8. The van der Waals surface area contributed by atoms with Gasteiger partial charge in [0.15, 0.2) is 0 Å². The van der Waals surface area contributed by atoms with Crippen molar-refractivity contribution in [1.29, 1.82) is 0 Å². The molecule has 0 amide bonds. The zero-order valence-electron chi connectivity index (χ0n) is 15.8. The van der Waals surface area contributed by atoms with Gasteiger partial charge in [0.2, 0.25) is 0 Å². The first-order valence-corrected chi connectivity index (χ1v) is 10.6. The molecule has 4 aromatic carbocycles. The van der Waals surface area contributed by atoms with Gasteiger partial charge >= 0.3 is 5.97 Å². The van der Waals surface area contributed by atoms with Crippen LogP contribution in [0.3, 0.4) is 0 Å². The van der Waals surface area contributed by atoms with Crippen molar-refractivity contribution in [3.05, 3.63) is 120 Å². The minimum absolute atomic E-state index is 0.295. The zero-order chi connectivity index (χ0) is 20.9. The van der Waals surface area contributed by atoms with Crippen LogP contribution in [0, 0.1) is 11.6 Å². The van der Waals surface area contributed by atoms with Crippen LogP contribution in [0.15, 0.2) is 118 Å². The van der Waals surface area contributed by atoms with Gasteiger partial charge in [-0.1, -0.05) is 36.4 Å². The lowest BCUT2D eigenvalue weighted by molar-refractivity contribution is 0.0729. The molecule has 0 aromatic heterocycles. The van der Waals surface area contributed by atoms with E-state index in [1.165, 1.54) is 9.79 Å². The largest absolute Gasteiger partial charge is 0.423 e. The summed E-state index contributed by atoms with van der Waals surface area (Å²) >= 11 is 0. The smallest absolute Gasteiger partial charge is 0.346 e. The second-order valence-corrected chi connectivity index (χ2v) is 8.73. The summed E-state index contributed by atoms with van der Waals surface area (Å²) in [6.45, 7) is 0. The Kier molecular flexibility index (Phi) is 5.91. The summed E-state index contributed by atoms with van der Waals surface area (Å²) in [5.41, 5.74) is -0.309. The molecule has 2 nitrogen and oxygen atoms in total. The number of hydrogen-bond acceptors (Lipinski definition) is 2. The molecule has 0 aliphatic carbocycles. The Labute approximate surface area is 176 Å². The summed E-state index contributed by atoms with van der Waals surface area (Å²) < 4.78 is 32.1. The van der Waals surface area contributed by atoms with Gasteiger partial charge in [0.1, 0.15) is 17.4 Å². The highest BCUT2D eigenvalue weighted by Gasteiger charge is 2.16. The lowest BCUT2D eigenvalue weighted by Gasteiger charge is -2.23. The Balaban J connectivity index is 1.60. The topological polar surface area (TPSA) is 26.3 Å². The molecule has 4 aromatic rings. The number of halogens is 2. The fraction of sp³-hybridized carbons (Fsp3) is 0. The summed E-state index contributed by atoms with van der Waals surface area (Å²) in [4.78, 5) is 15.7. The highest BCUT2D eigenvalue weighted by atomic mass is 32.2. The van der Waals surface area contributed by atoms with Crippen LogP contribution in [0.1, 0.15) is 10.4 Å². The molecule has 0 aliphatic rings. The molecular formula is C25H18F2O2S. The van der Waals surface area contributed by atoms with E-state index in [-0.39, 0.29) is 5.56 Å². The molecule has 0 saturated carbocycles. The van der Waals surface area contributed by atoms with E-state index in [0.717, 1.165) is 17.0 Å². The second kappa shape index (κ2) is 8.93. The Bertz CT molecular complexity index is 1110. The van der Waals surface area contributed by atoms with E-state index in [4.69, 9.17) is 4.74 Å². The summed E-state index contributed by atoms with van der Waals surface area (Å²) in [7, 11) is -0.774. The van der Waals surface area contributed by atoms with Crippen molar-refractivity contribution in [3.63, 3.8) is 0 Å². The molecule has 0 saturated heterocycles. The molecule has 0 spiro atoms. The number of carbonyl (C=O) groups excluding carboxylic acids is 1. The van der Waals surface area contributed by atoms with Crippen LogP contribution in [-0.4, -0.2) is 5.97 Å². The Morgan fingerprint density at radius 1 is 0.667 bits per heavy atom. The Hall–Kier alpha value is -3.44. The maximum Gasteiger partial charge on any atom is 0.346 e. The molecule has 4 rings (SSSR count). The average Bonchev–Trinajstić information content (AvgIpc) is 2.76. The van der Waals surface area contributed by atoms with Crippen molar-refractivity contribution in [2.75, 3.05) is 0 Å². The maximum absolute atomic E-state index is 13.8. The number of rotatable bonds is 5. The van der Waals surface area contributed by atoms with E-state index in [2.05, 4.69) is 24.3 Å². The molecule has 30 heavy (non-hydrogen) atoms. The summed E-state index contributed by atoms with van der Waals surface area (Å²) in [6.07, 6.45) is 0. The monoisotopic (exact) mass is 420 g/mol. The van der Waals surface area contributed by atoms with Crippen molar-refractivity contribution in [1.82, 2.24) is 0 Å². The molecule has 0 N–H and O–H groups in total. The minimum atomic E-state index is -0.951. The van der Waals surface area contributed by atoms with Gasteiger partial charge in [0, 0.05) is 6.07 Å². The fourth-order valence-electron chi connectivity index (χ4n) is 3.08. The van der Waals surface area contributed by atoms with Gasteiger partial charge in [0.05, 0.1) is 5.56 Å². The molecule has 150 valence electrons. The van der Waals surface area contributed by atoms with Crippen molar-refractivity contribution in [2.24, 2.45) is 0 Å². The first kappa shape index (κ1) is 19.9. The number of thiol groups is 1. The van der Waals surface area contributed by atoms with Gasteiger partial charge < -0.3 is 4.74 Å². The number of ether oxygens (including phenoxy) is 1. The SMILES string of the molecule is O=C(Oc1ccc([SH](c2ccccc2)c2ccccc2)cc1)c1ccc(F)cc1F. The highest BCUT2D eigenvalue weighted by Crippen LogP contribution is 2.51. The van der Waals surface area contributed by atoms with Crippen LogP contribution in [0.2, 0.25) is 0 Å². The lowest BCUT2D eigenvalue weighted by atomic mass is 10.2. The average molecular weight is 420 g/mol. The molecule has 0 atom stereocenters. The van der Waals surface area contributed by atoms with E-state index in [1.54, 1.807) is 12.1 Å².